The lowest BCUT2D eigenvalue weighted by Crippen LogP contribution is -1.91. The number of anilines is 1. The number of rotatable bonds is 2. The molecule has 0 unspecified atom stereocenters. The number of benzene rings is 1. The largest absolute Gasteiger partial charge is 0.497 e. The van der Waals surface area contributed by atoms with Crippen molar-refractivity contribution >= 4 is 11.7 Å². The smallest absolute Gasteiger partial charge is 0.315 e. The van der Waals surface area contributed by atoms with Crippen LogP contribution in [0.4, 0.5) is 5.69 Å². The zero-order valence-corrected chi connectivity index (χ0v) is 8.28. The Morgan fingerprint density at radius 3 is 2.87 bits per heavy atom. The first kappa shape index (κ1) is 10.9. The van der Waals surface area contributed by atoms with Crippen LogP contribution < -0.4 is 10.5 Å². The highest BCUT2D eigenvalue weighted by Gasteiger charge is 1.96. The van der Waals surface area contributed by atoms with Gasteiger partial charge in [-0.25, -0.2) is 0 Å². The van der Waals surface area contributed by atoms with Crippen molar-refractivity contribution in [1.82, 2.24) is 0 Å². The van der Waals surface area contributed by atoms with Gasteiger partial charge < -0.3 is 15.6 Å². The summed E-state index contributed by atoms with van der Waals surface area (Å²) in [5.41, 5.74) is 6.78. The van der Waals surface area contributed by atoms with Crippen molar-refractivity contribution in [2.75, 3.05) is 12.8 Å². The number of carboxylic acids is 1. The quantitative estimate of drug-likeness (QED) is 0.560. The van der Waals surface area contributed by atoms with Crippen LogP contribution in [0.15, 0.2) is 18.2 Å². The van der Waals surface area contributed by atoms with Gasteiger partial charge in [-0.2, -0.15) is 0 Å². The van der Waals surface area contributed by atoms with Gasteiger partial charge in [-0.15, -0.1) is 0 Å². The topological polar surface area (TPSA) is 72.5 Å². The number of carbonyl (C=O) groups is 1. The van der Waals surface area contributed by atoms with E-state index in [1.165, 1.54) is 7.11 Å². The van der Waals surface area contributed by atoms with E-state index in [0.29, 0.717) is 17.0 Å². The van der Waals surface area contributed by atoms with Gasteiger partial charge in [0.2, 0.25) is 0 Å². The average Bonchev–Trinajstić information content (AvgIpc) is 2.16. The Morgan fingerprint density at radius 2 is 2.27 bits per heavy atom. The van der Waals surface area contributed by atoms with Gasteiger partial charge in [-0.05, 0) is 12.1 Å². The van der Waals surface area contributed by atoms with Crippen LogP contribution >= 0.6 is 0 Å². The molecule has 0 aliphatic heterocycles. The van der Waals surface area contributed by atoms with Crippen LogP contribution in [-0.4, -0.2) is 18.2 Å². The predicted molar refractivity (Wildman–Crippen MR) is 56.5 cm³/mol. The van der Waals surface area contributed by atoms with E-state index >= 15 is 0 Å². The van der Waals surface area contributed by atoms with Gasteiger partial charge in [-0.3, -0.25) is 4.79 Å². The summed E-state index contributed by atoms with van der Waals surface area (Å²) in [7, 11) is 1.53. The minimum Gasteiger partial charge on any atom is -0.497 e. The second-order valence-electron chi connectivity index (χ2n) is 2.87. The number of hydrogen-bond acceptors (Lipinski definition) is 3. The van der Waals surface area contributed by atoms with Crippen LogP contribution in [0.1, 0.15) is 12.0 Å². The van der Waals surface area contributed by atoms with Gasteiger partial charge in [0.1, 0.15) is 12.2 Å². The molecule has 78 valence electrons. The standard InChI is InChI=1S/C11H11NO3/c1-15-10-6-8(5-9(12)7-10)3-2-4-11(13)14/h5-7H,4,12H2,1H3,(H,13,14). The number of carboxylic acid groups (broad SMARTS) is 1. The molecular formula is C11H11NO3. The van der Waals surface area contributed by atoms with E-state index in [1.54, 1.807) is 18.2 Å². The first-order valence-corrected chi connectivity index (χ1v) is 4.27. The van der Waals surface area contributed by atoms with E-state index in [1.807, 2.05) is 0 Å². The fraction of sp³-hybridized carbons (Fsp3) is 0.182. The number of nitrogen functional groups attached to an aromatic ring is 1. The Balaban J connectivity index is 2.88. The van der Waals surface area contributed by atoms with E-state index in [9.17, 15) is 4.79 Å². The molecule has 1 aromatic carbocycles. The van der Waals surface area contributed by atoms with Crippen molar-refractivity contribution in [3.05, 3.63) is 23.8 Å². The van der Waals surface area contributed by atoms with E-state index in [2.05, 4.69) is 11.8 Å². The molecule has 0 atom stereocenters. The minimum absolute atomic E-state index is 0.183. The monoisotopic (exact) mass is 205 g/mol. The molecule has 4 nitrogen and oxygen atoms in total. The third-order valence-electron chi connectivity index (χ3n) is 1.64. The molecule has 0 heterocycles. The van der Waals surface area contributed by atoms with Crippen molar-refractivity contribution in [2.45, 2.75) is 6.42 Å². The summed E-state index contributed by atoms with van der Waals surface area (Å²) in [4.78, 5) is 10.2. The second kappa shape index (κ2) is 4.91. The minimum atomic E-state index is -0.946. The van der Waals surface area contributed by atoms with Gasteiger partial charge in [0.15, 0.2) is 0 Å². The highest BCUT2D eigenvalue weighted by atomic mass is 16.5. The third-order valence-corrected chi connectivity index (χ3v) is 1.64. The lowest BCUT2D eigenvalue weighted by Gasteiger charge is -2.01. The molecule has 0 aliphatic carbocycles. The van der Waals surface area contributed by atoms with E-state index < -0.39 is 5.97 Å². The first-order valence-electron chi connectivity index (χ1n) is 4.27. The summed E-state index contributed by atoms with van der Waals surface area (Å²) in [5.74, 6) is 4.88. The van der Waals surface area contributed by atoms with Crippen molar-refractivity contribution in [2.24, 2.45) is 0 Å². The van der Waals surface area contributed by atoms with Gasteiger partial charge >= 0.3 is 5.97 Å². The molecule has 4 heteroatoms. The summed E-state index contributed by atoms with van der Waals surface area (Å²) in [6, 6.07) is 5.03. The fourth-order valence-electron chi connectivity index (χ4n) is 1.03. The highest BCUT2D eigenvalue weighted by Crippen LogP contribution is 2.17. The predicted octanol–water partition coefficient (Wildman–Crippen LogP) is 1.10. The van der Waals surface area contributed by atoms with Crippen LogP contribution in [0.2, 0.25) is 0 Å². The molecule has 0 saturated heterocycles. The summed E-state index contributed by atoms with van der Waals surface area (Å²) in [6.07, 6.45) is -0.183. The average molecular weight is 205 g/mol. The Morgan fingerprint density at radius 1 is 1.53 bits per heavy atom. The Labute approximate surface area is 87.7 Å². The molecule has 0 fully saturated rings. The first-order chi connectivity index (χ1) is 7.11. The maximum absolute atomic E-state index is 10.2. The summed E-state index contributed by atoms with van der Waals surface area (Å²) in [6.45, 7) is 0. The van der Waals surface area contributed by atoms with E-state index in [0.717, 1.165) is 0 Å². The molecule has 3 N–H and O–H groups in total. The molecule has 0 bridgehead atoms. The van der Waals surface area contributed by atoms with Crippen molar-refractivity contribution in [3.8, 4) is 17.6 Å². The molecule has 1 rings (SSSR count). The van der Waals surface area contributed by atoms with Gasteiger partial charge in [0, 0.05) is 17.3 Å². The maximum atomic E-state index is 10.2. The second-order valence-corrected chi connectivity index (χ2v) is 2.87. The molecule has 15 heavy (non-hydrogen) atoms. The maximum Gasteiger partial charge on any atom is 0.315 e. The zero-order chi connectivity index (χ0) is 11.3. The van der Waals surface area contributed by atoms with Crippen LogP contribution in [0.25, 0.3) is 0 Å². The number of nitrogens with two attached hydrogens (primary N) is 1. The summed E-state index contributed by atoms with van der Waals surface area (Å²) in [5, 5.41) is 8.39. The van der Waals surface area contributed by atoms with Crippen LogP contribution in [0.3, 0.4) is 0 Å². The molecule has 0 aromatic heterocycles. The normalized spacial score (nSPS) is 8.87. The summed E-state index contributed by atoms with van der Waals surface area (Å²) < 4.78 is 5.00. The van der Waals surface area contributed by atoms with Crippen molar-refractivity contribution in [3.63, 3.8) is 0 Å². The zero-order valence-electron chi connectivity index (χ0n) is 8.28. The molecule has 1 aromatic rings. The SMILES string of the molecule is COc1cc(N)cc(C#CCC(=O)O)c1. The molecule has 0 spiro atoms. The van der Waals surface area contributed by atoms with Crippen LogP contribution in [0, 0.1) is 11.8 Å². The third kappa shape index (κ3) is 3.61. The van der Waals surface area contributed by atoms with E-state index in [4.69, 9.17) is 15.6 Å². The van der Waals surface area contributed by atoms with Gasteiger partial charge in [0.05, 0.1) is 7.11 Å². The number of methoxy groups -OCH3 is 1. The Kier molecular flexibility index (Phi) is 3.58. The molecular weight excluding hydrogens is 194 g/mol. The van der Waals surface area contributed by atoms with Crippen molar-refractivity contribution in [1.29, 1.82) is 0 Å². The summed E-state index contributed by atoms with van der Waals surface area (Å²) >= 11 is 0. The Hall–Kier alpha value is -2.15. The fourth-order valence-corrected chi connectivity index (χ4v) is 1.03. The van der Waals surface area contributed by atoms with Crippen LogP contribution in [0.5, 0.6) is 5.75 Å². The number of aliphatic carboxylic acids is 1. The van der Waals surface area contributed by atoms with Crippen molar-refractivity contribution < 1.29 is 14.6 Å². The molecule has 0 saturated carbocycles. The highest BCUT2D eigenvalue weighted by molar-refractivity contribution is 5.70. The number of ether oxygens (including phenoxy) is 1. The van der Waals surface area contributed by atoms with Gasteiger partial charge in [0.25, 0.3) is 0 Å². The van der Waals surface area contributed by atoms with Crippen LogP contribution in [-0.2, 0) is 4.79 Å². The van der Waals surface area contributed by atoms with Gasteiger partial charge in [-0.1, -0.05) is 11.8 Å². The Bertz CT molecular complexity index is 429. The lowest BCUT2D eigenvalue weighted by molar-refractivity contribution is -0.135. The number of hydrogen-bond donors (Lipinski definition) is 2. The molecule has 0 radical (unpaired) electrons. The van der Waals surface area contributed by atoms with E-state index in [-0.39, 0.29) is 6.42 Å². The molecule has 0 aliphatic rings. The molecule has 0 amide bonds. The lowest BCUT2D eigenvalue weighted by atomic mass is 10.2.